The van der Waals surface area contributed by atoms with E-state index in [0.717, 1.165) is 18.9 Å². The molecule has 0 saturated carbocycles. The number of rotatable bonds is 8. The van der Waals surface area contributed by atoms with Crippen molar-refractivity contribution in [1.82, 2.24) is 5.32 Å². The van der Waals surface area contributed by atoms with Crippen LogP contribution in [0.2, 0.25) is 0 Å². The molecular weight excluding hydrogens is 217 g/mol. The quantitative estimate of drug-likeness (QED) is 0.639. The van der Waals surface area contributed by atoms with Gasteiger partial charge in [-0.05, 0) is 18.9 Å². The summed E-state index contributed by atoms with van der Waals surface area (Å²) < 4.78 is 0. The molecule has 0 fully saturated rings. The highest BCUT2D eigenvalue weighted by atomic mass is 35.5. The van der Waals surface area contributed by atoms with E-state index in [2.05, 4.69) is 26.1 Å². The first-order valence-corrected chi connectivity index (χ1v) is 6.61. The maximum absolute atomic E-state index is 5.95. The van der Waals surface area contributed by atoms with Gasteiger partial charge in [0, 0.05) is 17.3 Å². The Hall–Kier alpha value is 0.540. The van der Waals surface area contributed by atoms with Crippen molar-refractivity contribution in [3.05, 3.63) is 0 Å². The highest BCUT2D eigenvalue weighted by Gasteiger charge is 2.25. The Balaban J connectivity index is 4.04. The molecule has 0 atom stereocenters. The van der Waals surface area contributed by atoms with Crippen LogP contribution in [0.25, 0.3) is 0 Å². The molecule has 0 aromatic rings. The smallest absolute Gasteiger partial charge is 0.0451 e. The molecule has 0 unspecified atom stereocenters. The molecule has 0 bridgehead atoms. The van der Waals surface area contributed by atoms with Crippen LogP contribution >= 0.6 is 23.2 Å². The van der Waals surface area contributed by atoms with E-state index in [1.807, 2.05) is 0 Å². The SMILES string of the molecule is CCC(CC)CNC(CC)(CCl)CCl. The third-order valence-corrected chi connectivity index (χ3v) is 4.13. The van der Waals surface area contributed by atoms with Crippen LogP contribution in [-0.4, -0.2) is 23.8 Å². The van der Waals surface area contributed by atoms with Crippen LogP contribution in [-0.2, 0) is 0 Å². The molecule has 0 aromatic carbocycles. The van der Waals surface area contributed by atoms with Crippen LogP contribution < -0.4 is 5.32 Å². The molecule has 86 valence electrons. The predicted molar refractivity (Wildman–Crippen MR) is 66.5 cm³/mol. The molecule has 0 saturated heterocycles. The molecule has 0 aliphatic carbocycles. The largest absolute Gasteiger partial charge is 0.309 e. The number of nitrogens with one attached hydrogen (secondary N) is 1. The zero-order valence-corrected chi connectivity index (χ0v) is 11.1. The number of halogens is 2. The van der Waals surface area contributed by atoms with Crippen molar-refractivity contribution in [3.63, 3.8) is 0 Å². The van der Waals surface area contributed by atoms with Crippen LogP contribution in [0.1, 0.15) is 40.0 Å². The van der Waals surface area contributed by atoms with Crippen molar-refractivity contribution < 1.29 is 0 Å². The van der Waals surface area contributed by atoms with Gasteiger partial charge in [-0.3, -0.25) is 0 Å². The Bertz CT molecular complexity index is 123. The van der Waals surface area contributed by atoms with Gasteiger partial charge in [-0.15, -0.1) is 23.2 Å². The molecule has 0 aromatic heterocycles. The van der Waals surface area contributed by atoms with Crippen molar-refractivity contribution in [2.75, 3.05) is 18.3 Å². The van der Waals surface area contributed by atoms with E-state index in [4.69, 9.17) is 23.2 Å². The first-order valence-electron chi connectivity index (χ1n) is 5.54. The fourth-order valence-corrected chi connectivity index (χ4v) is 2.24. The van der Waals surface area contributed by atoms with Gasteiger partial charge in [0.05, 0.1) is 0 Å². The van der Waals surface area contributed by atoms with E-state index in [9.17, 15) is 0 Å². The lowest BCUT2D eigenvalue weighted by atomic mass is 9.98. The molecule has 0 rings (SSSR count). The molecule has 14 heavy (non-hydrogen) atoms. The fourth-order valence-electron chi connectivity index (χ4n) is 1.38. The maximum atomic E-state index is 5.95. The summed E-state index contributed by atoms with van der Waals surface area (Å²) in [4.78, 5) is 0. The Morgan fingerprint density at radius 3 is 1.86 bits per heavy atom. The van der Waals surface area contributed by atoms with Crippen molar-refractivity contribution in [2.45, 2.75) is 45.6 Å². The summed E-state index contributed by atoms with van der Waals surface area (Å²) in [5.41, 5.74) is -0.0638. The second kappa shape index (κ2) is 7.78. The summed E-state index contributed by atoms with van der Waals surface area (Å²) in [7, 11) is 0. The molecule has 1 nitrogen and oxygen atoms in total. The second-order valence-corrected chi connectivity index (χ2v) is 4.50. The minimum absolute atomic E-state index is 0.0638. The van der Waals surface area contributed by atoms with Gasteiger partial charge >= 0.3 is 0 Å². The lowest BCUT2D eigenvalue weighted by molar-refractivity contribution is 0.336. The lowest BCUT2D eigenvalue weighted by Gasteiger charge is -2.31. The van der Waals surface area contributed by atoms with E-state index in [1.54, 1.807) is 0 Å². The predicted octanol–water partition coefficient (Wildman–Crippen LogP) is 3.64. The summed E-state index contributed by atoms with van der Waals surface area (Å²) in [6.07, 6.45) is 3.42. The number of hydrogen-bond acceptors (Lipinski definition) is 1. The number of hydrogen-bond donors (Lipinski definition) is 1. The molecular formula is C11H23Cl2N. The van der Waals surface area contributed by atoms with Gasteiger partial charge in [0.2, 0.25) is 0 Å². The third kappa shape index (κ3) is 4.37. The summed E-state index contributed by atoms with van der Waals surface area (Å²) in [6.45, 7) is 7.61. The van der Waals surface area contributed by atoms with E-state index in [-0.39, 0.29) is 5.54 Å². The summed E-state index contributed by atoms with van der Waals surface area (Å²) in [5, 5.41) is 3.52. The van der Waals surface area contributed by atoms with E-state index in [1.165, 1.54) is 12.8 Å². The average Bonchev–Trinajstić information content (AvgIpc) is 2.26. The summed E-state index contributed by atoms with van der Waals surface area (Å²) in [5.74, 6) is 1.92. The highest BCUT2D eigenvalue weighted by Crippen LogP contribution is 2.16. The maximum Gasteiger partial charge on any atom is 0.0451 e. The molecule has 0 spiro atoms. The van der Waals surface area contributed by atoms with Crippen LogP contribution in [0, 0.1) is 5.92 Å². The van der Waals surface area contributed by atoms with Gasteiger partial charge in [-0.1, -0.05) is 33.6 Å². The van der Waals surface area contributed by atoms with Gasteiger partial charge in [0.15, 0.2) is 0 Å². The molecule has 0 aliphatic rings. The fraction of sp³-hybridized carbons (Fsp3) is 1.00. The molecule has 3 heteroatoms. The average molecular weight is 240 g/mol. The zero-order valence-electron chi connectivity index (χ0n) is 9.58. The van der Waals surface area contributed by atoms with Crippen molar-refractivity contribution in [3.8, 4) is 0 Å². The van der Waals surface area contributed by atoms with Gasteiger partial charge in [-0.2, -0.15) is 0 Å². The topological polar surface area (TPSA) is 12.0 Å². The minimum Gasteiger partial charge on any atom is -0.309 e. The normalized spacial score (nSPS) is 12.4. The van der Waals surface area contributed by atoms with Gasteiger partial charge in [0.1, 0.15) is 0 Å². The summed E-state index contributed by atoms with van der Waals surface area (Å²) >= 11 is 11.9. The molecule has 1 N–H and O–H groups in total. The minimum atomic E-state index is -0.0638. The van der Waals surface area contributed by atoms with Crippen molar-refractivity contribution in [2.24, 2.45) is 5.92 Å². The molecule has 0 heterocycles. The van der Waals surface area contributed by atoms with Crippen LogP contribution in [0.3, 0.4) is 0 Å². The monoisotopic (exact) mass is 239 g/mol. The Morgan fingerprint density at radius 1 is 1.07 bits per heavy atom. The standard InChI is InChI=1S/C11H23Cl2N/c1-4-10(5-2)7-14-11(6-3,8-12)9-13/h10,14H,4-9H2,1-3H3. The Labute approximate surface area is 98.5 Å². The van der Waals surface area contributed by atoms with Crippen LogP contribution in [0.4, 0.5) is 0 Å². The highest BCUT2D eigenvalue weighted by molar-refractivity contribution is 6.22. The van der Waals surface area contributed by atoms with Crippen LogP contribution in [0.15, 0.2) is 0 Å². The Morgan fingerprint density at radius 2 is 1.57 bits per heavy atom. The van der Waals surface area contributed by atoms with Crippen molar-refractivity contribution >= 4 is 23.2 Å². The Kier molecular flexibility index (Phi) is 8.08. The first-order chi connectivity index (χ1) is 6.67. The van der Waals surface area contributed by atoms with E-state index < -0.39 is 0 Å². The molecule has 0 radical (unpaired) electrons. The van der Waals surface area contributed by atoms with E-state index >= 15 is 0 Å². The molecule has 0 amide bonds. The third-order valence-electron chi connectivity index (χ3n) is 3.11. The second-order valence-electron chi connectivity index (χ2n) is 3.96. The number of alkyl halides is 2. The van der Waals surface area contributed by atoms with Gasteiger partial charge < -0.3 is 5.32 Å². The first kappa shape index (κ1) is 14.5. The molecule has 0 aliphatic heterocycles. The van der Waals surface area contributed by atoms with Crippen molar-refractivity contribution in [1.29, 1.82) is 0 Å². The van der Waals surface area contributed by atoms with E-state index in [0.29, 0.717) is 11.8 Å². The summed E-state index contributed by atoms with van der Waals surface area (Å²) in [6, 6.07) is 0. The van der Waals surface area contributed by atoms with Gasteiger partial charge in [0.25, 0.3) is 0 Å². The van der Waals surface area contributed by atoms with Gasteiger partial charge in [-0.25, -0.2) is 0 Å². The lowest BCUT2D eigenvalue weighted by Crippen LogP contribution is -2.50. The zero-order chi connectivity index (χ0) is 11.0. The van der Waals surface area contributed by atoms with Crippen LogP contribution in [0.5, 0.6) is 0 Å².